The molecule has 0 saturated carbocycles. The van der Waals surface area contributed by atoms with Gasteiger partial charge in [0.05, 0.1) is 6.10 Å². The van der Waals surface area contributed by atoms with E-state index in [9.17, 15) is 5.11 Å². The van der Waals surface area contributed by atoms with Gasteiger partial charge in [0, 0.05) is 24.8 Å². The number of anilines is 1. The summed E-state index contributed by atoms with van der Waals surface area (Å²) < 4.78 is 0. The van der Waals surface area contributed by atoms with E-state index in [1.54, 1.807) is 0 Å². The molecule has 0 aliphatic rings. The minimum Gasteiger partial charge on any atom is -0.388 e. The summed E-state index contributed by atoms with van der Waals surface area (Å²) in [6.45, 7) is 8.72. The molecule has 0 radical (unpaired) electrons. The number of hydrogen-bond acceptors (Lipinski definition) is 2. The minimum absolute atomic E-state index is 0.385. The first-order valence-electron chi connectivity index (χ1n) is 5.68. The fourth-order valence-electron chi connectivity index (χ4n) is 1.83. The van der Waals surface area contributed by atoms with Crippen molar-refractivity contribution in [2.24, 2.45) is 0 Å². The van der Waals surface area contributed by atoms with Crippen LogP contribution in [0, 0.1) is 0 Å². The number of hydrogen-bond donors (Lipinski definition) is 1. The van der Waals surface area contributed by atoms with Crippen molar-refractivity contribution in [1.29, 1.82) is 0 Å². The van der Waals surface area contributed by atoms with E-state index in [1.807, 2.05) is 45.2 Å². The first-order chi connectivity index (χ1) is 7.56. The Kier molecular flexibility index (Phi) is 4.56. The summed E-state index contributed by atoms with van der Waals surface area (Å²) >= 11 is 0. The van der Waals surface area contributed by atoms with Crippen LogP contribution in [0.3, 0.4) is 0 Å². The fraction of sp³-hybridized carbons (Fsp3) is 0.429. The molecule has 2 heteroatoms. The molecule has 0 aliphatic heterocycles. The summed E-state index contributed by atoms with van der Waals surface area (Å²) in [5.74, 6) is 0. The van der Waals surface area contributed by atoms with Crippen LogP contribution in [0.15, 0.2) is 36.4 Å². The van der Waals surface area contributed by atoms with Gasteiger partial charge in [0.2, 0.25) is 0 Å². The summed E-state index contributed by atoms with van der Waals surface area (Å²) in [5.41, 5.74) is 3.19. The van der Waals surface area contributed by atoms with Gasteiger partial charge in [-0.1, -0.05) is 37.3 Å². The lowest BCUT2D eigenvalue weighted by Gasteiger charge is -2.24. The number of aliphatic hydroxyl groups is 1. The van der Waals surface area contributed by atoms with E-state index >= 15 is 0 Å². The molecule has 0 heterocycles. The number of likely N-dealkylation sites (N-methyl/N-ethyl adjacent to an activating group) is 1. The molecular weight excluding hydrogens is 198 g/mol. The normalized spacial score (nSPS) is 12.2. The standard InChI is InChI=1S/C14H21NO/c1-5-14(16)12-8-6-7-9-13(12)15(4)10-11(2)3/h6-9,14,16H,2,5,10H2,1,3-4H3/t14-/m1/s1. The van der Waals surface area contributed by atoms with Gasteiger partial charge < -0.3 is 10.0 Å². The van der Waals surface area contributed by atoms with Crippen molar-refractivity contribution in [3.63, 3.8) is 0 Å². The molecule has 0 aliphatic carbocycles. The van der Waals surface area contributed by atoms with Crippen LogP contribution in [0.1, 0.15) is 31.9 Å². The van der Waals surface area contributed by atoms with Crippen molar-refractivity contribution in [2.45, 2.75) is 26.4 Å². The van der Waals surface area contributed by atoms with Crippen molar-refractivity contribution in [3.8, 4) is 0 Å². The SMILES string of the molecule is C=C(C)CN(C)c1ccccc1[C@H](O)CC. The highest BCUT2D eigenvalue weighted by molar-refractivity contribution is 5.54. The number of aliphatic hydroxyl groups excluding tert-OH is 1. The van der Waals surface area contributed by atoms with Crippen molar-refractivity contribution in [2.75, 3.05) is 18.5 Å². The van der Waals surface area contributed by atoms with Gasteiger partial charge in [0.15, 0.2) is 0 Å². The first kappa shape index (κ1) is 12.8. The van der Waals surface area contributed by atoms with Crippen LogP contribution in [0.5, 0.6) is 0 Å². The lowest BCUT2D eigenvalue weighted by molar-refractivity contribution is 0.174. The molecule has 0 amide bonds. The zero-order valence-electron chi connectivity index (χ0n) is 10.4. The van der Waals surface area contributed by atoms with Crippen LogP contribution in [0.25, 0.3) is 0 Å². The van der Waals surface area contributed by atoms with E-state index < -0.39 is 0 Å². The second-order valence-electron chi connectivity index (χ2n) is 4.30. The van der Waals surface area contributed by atoms with Crippen molar-refractivity contribution >= 4 is 5.69 Å². The van der Waals surface area contributed by atoms with E-state index in [4.69, 9.17) is 0 Å². The quantitative estimate of drug-likeness (QED) is 0.769. The van der Waals surface area contributed by atoms with E-state index in [0.717, 1.165) is 29.8 Å². The Morgan fingerprint density at radius 2 is 2.06 bits per heavy atom. The highest BCUT2D eigenvalue weighted by Crippen LogP contribution is 2.27. The Bertz CT molecular complexity index is 360. The third-order valence-corrected chi connectivity index (χ3v) is 2.60. The minimum atomic E-state index is -0.385. The van der Waals surface area contributed by atoms with Crippen LogP contribution in [0.2, 0.25) is 0 Å². The summed E-state index contributed by atoms with van der Waals surface area (Å²) in [6.07, 6.45) is 0.349. The number of nitrogens with zero attached hydrogens (tertiary/aromatic N) is 1. The topological polar surface area (TPSA) is 23.5 Å². The third kappa shape index (κ3) is 3.11. The lowest BCUT2D eigenvalue weighted by atomic mass is 10.0. The van der Waals surface area contributed by atoms with Crippen LogP contribution in [-0.4, -0.2) is 18.7 Å². The van der Waals surface area contributed by atoms with Gasteiger partial charge in [0.1, 0.15) is 0 Å². The Morgan fingerprint density at radius 1 is 1.44 bits per heavy atom. The van der Waals surface area contributed by atoms with Crippen molar-refractivity contribution < 1.29 is 5.11 Å². The Balaban J connectivity index is 2.98. The zero-order valence-corrected chi connectivity index (χ0v) is 10.4. The van der Waals surface area contributed by atoms with E-state index in [2.05, 4.69) is 11.5 Å². The first-order valence-corrected chi connectivity index (χ1v) is 5.68. The predicted octanol–water partition coefficient (Wildman–Crippen LogP) is 3.14. The van der Waals surface area contributed by atoms with Crippen molar-refractivity contribution in [1.82, 2.24) is 0 Å². The Labute approximate surface area is 98.2 Å². The van der Waals surface area contributed by atoms with Crippen LogP contribution in [0.4, 0.5) is 5.69 Å². The maximum absolute atomic E-state index is 9.94. The molecule has 88 valence electrons. The highest BCUT2D eigenvalue weighted by Gasteiger charge is 2.12. The Hall–Kier alpha value is -1.28. The Morgan fingerprint density at radius 3 is 2.62 bits per heavy atom. The number of rotatable bonds is 5. The molecule has 0 spiro atoms. The van der Waals surface area contributed by atoms with Crippen molar-refractivity contribution in [3.05, 3.63) is 42.0 Å². The van der Waals surface area contributed by atoms with Crippen LogP contribution < -0.4 is 4.90 Å². The highest BCUT2D eigenvalue weighted by atomic mass is 16.3. The largest absolute Gasteiger partial charge is 0.388 e. The lowest BCUT2D eigenvalue weighted by Crippen LogP contribution is -2.21. The van der Waals surface area contributed by atoms with Gasteiger partial charge in [-0.15, -0.1) is 0 Å². The van der Waals surface area contributed by atoms with Gasteiger partial charge in [-0.3, -0.25) is 0 Å². The van der Waals surface area contributed by atoms with Gasteiger partial charge in [-0.2, -0.15) is 0 Å². The van der Waals surface area contributed by atoms with Gasteiger partial charge in [0.25, 0.3) is 0 Å². The summed E-state index contributed by atoms with van der Waals surface area (Å²) in [7, 11) is 2.02. The molecule has 1 rings (SSSR count). The third-order valence-electron chi connectivity index (χ3n) is 2.60. The average Bonchev–Trinajstić information content (AvgIpc) is 2.27. The van der Waals surface area contributed by atoms with Gasteiger partial charge in [-0.05, 0) is 19.4 Å². The molecule has 0 fully saturated rings. The van der Waals surface area contributed by atoms with E-state index in [1.165, 1.54) is 0 Å². The summed E-state index contributed by atoms with van der Waals surface area (Å²) in [6, 6.07) is 7.98. The second-order valence-corrected chi connectivity index (χ2v) is 4.30. The molecule has 2 nitrogen and oxygen atoms in total. The predicted molar refractivity (Wildman–Crippen MR) is 69.8 cm³/mol. The molecule has 1 N–H and O–H groups in total. The molecule has 0 bridgehead atoms. The molecule has 1 aromatic carbocycles. The molecule has 1 atom stereocenters. The molecular formula is C14H21NO. The van der Waals surface area contributed by atoms with Crippen LogP contribution in [-0.2, 0) is 0 Å². The number of benzene rings is 1. The average molecular weight is 219 g/mol. The van der Waals surface area contributed by atoms with Gasteiger partial charge >= 0.3 is 0 Å². The molecule has 1 aromatic rings. The molecule has 16 heavy (non-hydrogen) atoms. The maximum Gasteiger partial charge on any atom is 0.0807 e. The maximum atomic E-state index is 9.94. The summed E-state index contributed by atoms with van der Waals surface area (Å²) in [4.78, 5) is 2.12. The smallest absolute Gasteiger partial charge is 0.0807 e. The van der Waals surface area contributed by atoms with E-state index in [0.29, 0.717) is 0 Å². The second kappa shape index (κ2) is 5.71. The molecule has 0 aromatic heterocycles. The monoisotopic (exact) mass is 219 g/mol. The molecule has 0 saturated heterocycles. The fourth-order valence-corrected chi connectivity index (χ4v) is 1.83. The van der Waals surface area contributed by atoms with Crippen LogP contribution >= 0.6 is 0 Å². The van der Waals surface area contributed by atoms with E-state index in [-0.39, 0.29) is 6.10 Å². The molecule has 0 unspecified atom stereocenters. The summed E-state index contributed by atoms with van der Waals surface area (Å²) in [5, 5.41) is 9.94. The number of para-hydroxylation sites is 1. The zero-order chi connectivity index (χ0) is 12.1. The van der Waals surface area contributed by atoms with Gasteiger partial charge in [-0.25, -0.2) is 0 Å².